The Labute approximate surface area is 523 Å². The number of benzene rings is 4. The Morgan fingerprint density at radius 2 is 0.659 bits per heavy atom. The van der Waals surface area contributed by atoms with E-state index in [9.17, 15) is 9.59 Å². The van der Waals surface area contributed by atoms with E-state index in [0.29, 0.717) is 44.2 Å². The second-order valence-electron chi connectivity index (χ2n) is 17.3. The molecule has 0 aromatic heterocycles. The number of hydrazone groups is 2. The van der Waals surface area contributed by atoms with Crippen LogP contribution in [0, 0.1) is 55.4 Å². The fraction of sp³-hybridized carbons (Fsp3) is 0.383. The maximum atomic E-state index is 11.0. The molecule has 386 valence electrons. The number of nitrogens with one attached hydrogen (secondary N) is 5. The minimum Gasteiger partial charge on any atom is -0.324 e. The summed E-state index contributed by atoms with van der Waals surface area (Å²) in [7, 11) is 98.5. The summed E-state index contributed by atoms with van der Waals surface area (Å²) in [4.78, 5) is 29.3. The van der Waals surface area contributed by atoms with Crippen LogP contribution < -0.4 is 98.5 Å². The van der Waals surface area contributed by atoms with Gasteiger partial charge in [-0.3, -0.25) is 32.3 Å². The first kappa shape index (κ1) is 89.0. The first-order valence-electron chi connectivity index (χ1n) is 24.1. The number of ketones is 1. The third-order valence-corrected chi connectivity index (χ3v) is 11.7. The van der Waals surface area contributed by atoms with E-state index in [1.54, 1.807) is 19.4 Å². The number of rotatable bonds is 15. The molecule has 0 fully saturated rings. The number of nitrogens with zero attached hydrogens (tertiary/aromatic N) is 2. The second kappa shape index (κ2) is 44.3. The van der Waals surface area contributed by atoms with Crippen LogP contribution in [0.2, 0.25) is 0 Å². The number of nitrogens with two attached hydrogens (primary N) is 1. The first-order chi connectivity index (χ1) is 36.3. The van der Waals surface area contributed by atoms with E-state index < -0.39 is 26.0 Å². The van der Waals surface area contributed by atoms with E-state index in [1.165, 1.54) is 56.4 Å². The normalized spacial score (nSPS) is 9.35. The zero-order chi connectivity index (χ0) is 61.2. The summed E-state index contributed by atoms with van der Waals surface area (Å²) < 4.78 is 0. The summed E-state index contributed by atoms with van der Waals surface area (Å²) in [6.07, 6.45) is 4.03. The molecule has 0 saturated heterocycles. The van der Waals surface area contributed by atoms with Gasteiger partial charge in [-0.1, -0.05) is 95.7 Å². The predicted molar refractivity (Wildman–Crippen MR) is 393 cm³/mol. The first-order valence-corrected chi connectivity index (χ1v) is 24.1. The molecule has 7 N–H and O–H groups in total. The lowest BCUT2D eigenvalue weighted by atomic mass is 9.16. The molecule has 0 aliphatic rings. The van der Waals surface area contributed by atoms with Crippen molar-refractivity contribution in [1.82, 2.24) is 5.43 Å². The lowest BCUT2D eigenvalue weighted by Crippen LogP contribution is -2.48. The van der Waals surface area contributed by atoms with Crippen LogP contribution in [0.4, 0.5) is 22.7 Å². The average molecular weight is 1050 g/mol. The molecule has 4 aromatic rings. The van der Waals surface area contributed by atoms with Gasteiger partial charge in [0.1, 0.15) is 43.5 Å². The van der Waals surface area contributed by atoms with E-state index in [0.717, 1.165) is 94.9 Å². The third kappa shape index (κ3) is 24.8. The molecular formula is C47H68B24N8O3. The van der Waals surface area contributed by atoms with Gasteiger partial charge in [-0.25, -0.2) is 0 Å². The molecule has 0 bridgehead atoms. The Bertz CT molecular complexity index is 2630. The smallest absolute Gasteiger partial charge is 0.235 e. The van der Waals surface area contributed by atoms with E-state index >= 15 is 0 Å². The van der Waals surface area contributed by atoms with Crippen molar-refractivity contribution in [1.29, 1.82) is 0 Å². The van der Waals surface area contributed by atoms with Crippen molar-refractivity contribution < 1.29 is 14.4 Å². The quantitative estimate of drug-likeness (QED) is 0.0226. The summed E-state index contributed by atoms with van der Waals surface area (Å²) in [5.41, 5.74) is 31.2. The van der Waals surface area contributed by atoms with Crippen LogP contribution in [0.25, 0.3) is 0 Å². The zero-order valence-electron chi connectivity index (χ0n) is 47.8. The number of aldehydes is 1. The molecule has 0 atom stereocenters. The maximum absolute atomic E-state index is 11.0. The summed E-state index contributed by atoms with van der Waals surface area (Å²) >= 11 is 0. The molecule has 0 aliphatic carbocycles. The largest absolute Gasteiger partial charge is 0.324 e. The maximum Gasteiger partial charge on any atom is 0.235 e. The number of carbonyl (C=O) groups excluding carboxylic acids is 3. The van der Waals surface area contributed by atoms with Crippen LogP contribution in [0.1, 0.15) is 116 Å². The highest BCUT2D eigenvalue weighted by molar-refractivity contribution is 7.37. The van der Waals surface area contributed by atoms with Crippen LogP contribution in [0.5, 0.6) is 0 Å². The van der Waals surface area contributed by atoms with Gasteiger partial charge in [0.15, 0.2) is 0 Å². The van der Waals surface area contributed by atoms with Gasteiger partial charge in [0.25, 0.3) is 0 Å². The van der Waals surface area contributed by atoms with Crippen molar-refractivity contribution in [3.05, 3.63) is 44.5 Å². The van der Waals surface area contributed by atoms with Gasteiger partial charge < -0.3 is 15.0 Å². The topological polar surface area (TPSA) is 162 Å². The monoisotopic (exact) mass is 1060 g/mol. The molecule has 0 heterocycles. The van der Waals surface area contributed by atoms with Crippen molar-refractivity contribution in [3.8, 4) is 0 Å². The standard InChI is InChI=1S/C10H11B6N2O.2C10H11B6N2.C8H9B6N2.C3H6O.C2H4O.4CH4/c1-4-7(11)8(15-12)5(2)9(16(13)14)10(4)18-17-6(3)19;2*1-4-17-18-10-5(2)7(11)8(15-12)6(3)9(10)16(13)14;1-3-5(9)6(13-10)4(2)7(14(11)12)8(3)16-15;1-3(2)4;1-2-3;;;;/h18H,1-3H3,(H,17,19);2*4,18H,1-3H3;16H,15H2,1-2H3;1-2H3;2H,1H3;4*1H4. The van der Waals surface area contributed by atoms with Crippen molar-refractivity contribution in [2.24, 2.45) is 16.0 Å². The molecule has 36 radical (unpaired) electrons. The van der Waals surface area contributed by atoms with E-state index in [2.05, 4.69) is 37.3 Å². The molecule has 35 heteroatoms. The van der Waals surface area contributed by atoms with E-state index in [4.69, 9.17) is 135 Å². The van der Waals surface area contributed by atoms with Crippen molar-refractivity contribution in [2.45, 2.75) is 127 Å². The zero-order valence-corrected chi connectivity index (χ0v) is 47.8. The summed E-state index contributed by atoms with van der Waals surface area (Å²) in [5.74, 6) is 5.39. The van der Waals surface area contributed by atoms with Gasteiger partial charge in [0.2, 0.25) is 5.91 Å². The van der Waals surface area contributed by atoms with Crippen LogP contribution >= 0.6 is 0 Å². The number of nitrogen functional groups attached to an aromatic ring is 1. The van der Waals surface area contributed by atoms with Gasteiger partial charge >= 0.3 is 0 Å². The molecule has 1 amide bonds. The second-order valence-corrected chi connectivity index (χ2v) is 17.3. The van der Waals surface area contributed by atoms with Crippen LogP contribution in [-0.2, 0) is 14.4 Å². The summed E-state index contributed by atoms with van der Waals surface area (Å²) in [5, 5.41) is 8.00. The highest BCUT2D eigenvalue weighted by Gasteiger charge is 2.22. The minimum absolute atomic E-state index is 0. The number of anilines is 4. The SMILES string of the molecule is C.C.C.C.CC(C)=O.CC=O.[B][B]c1c([B])c(C)c(NN)c(B([B])[B])c1C.[B][B]c1c([B])c(C)c(NN=CC)c(B([B])[B])c1C.[B][B]c1c([B])c(C)c(NN=CC)c(B([B])[B])c1C.[B][B]c1c([B])c(C)c(NNC(C)=O)c(B([B])[B])c1C. The Hall–Kier alpha value is -4.25. The molecule has 11 nitrogen and oxygen atoms in total. The molecule has 0 spiro atoms. The molecule has 0 unspecified atom stereocenters. The molecule has 0 aliphatic heterocycles. The van der Waals surface area contributed by atoms with Crippen LogP contribution in [-0.4, -0.2) is 209 Å². The molecule has 0 saturated carbocycles. The number of hydrogen-bond donors (Lipinski definition) is 6. The van der Waals surface area contributed by atoms with Gasteiger partial charge in [0.05, 0.1) is 66.0 Å². The predicted octanol–water partition coefficient (Wildman–Crippen LogP) is -6.90. The van der Waals surface area contributed by atoms with Crippen molar-refractivity contribution in [2.75, 3.05) is 21.7 Å². The van der Waals surface area contributed by atoms with Gasteiger partial charge in [0, 0.05) is 124 Å². The average Bonchev–Trinajstić information content (AvgIpc) is 3.35. The fourth-order valence-corrected chi connectivity index (χ4v) is 7.86. The Balaban J connectivity index is -0.000000222. The number of amides is 1. The van der Waals surface area contributed by atoms with Gasteiger partial charge in [-0.2, -0.15) is 10.2 Å². The molecule has 4 rings (SSSR count). The van der Waals surface area contributed by atoms with E-state index in [1.807, 2.05) is 62.3 Å². The number of Topliss-reactive ketones (excluding diaryl/α,β-unsaturated/α-hetero) is 1. The van der Waals surface area contributed by atoms with Gasteiger partial charge in [-0.15, -0.1) is 21.9 Å². The Morgan fingerprint density at radius 1 is 0.451 bits per heavy atom. The number of hydrogen-bond acceptors (Lipinski definition) is 10. The molecule has 82 heavy (non-hydrogen) atoms. The lowest BCUT2D eigenvalue weighted by Gasteiger charge is -2.25. The van der Waals surface area contributed by atoms with Crippen LogP contribution in [0.3, 0.4) is 0 Å². The summed E-state index contributed by atoms with van der Waals surface area (Å²) in [6, 6.07) is 0. The fourth-order valence-electron chi connectivity index (χ4n) is 7.86. The minimum atomic E-state index is -0.714. The summed E-state index contributed by atoms with van der Waals surface area (Å²) in [6.45, 7) is 21.8. The third-order valence-electron chi connectivity index (χ3n) is 11.7. The molecular weight excluding hydrogens is 984 g/mol. The van der Waals surface area contributed by atoms with Crippen molar-refractivity contribution in [3.63, 3.8) is 0 Å². The lowest BCUT2D eigenvalue weighted by molar-refractivity contribution is -0.118. The van der Waals surface area contributed by atoms with Crippen LogP contribution in [0.15, 0.2) is 10.2 Å². The number of carbonyl (C=O) groups is 3. The Morgan fingerprint density at radius 3 is 0.854 bits per heavy atom. The van der Waals surface area contributed by atoms with Crippen molar-refractivity contribution >= 4 is 298 Å². The highest BCUT2D eigenvalue weighted by atomic mass is 16.2. The Kier molecular flexibility index (Phi) is 48.0. The number of hydrazine groups is 2. The van der Waals surface area contributed by atoms with E-state index in [-0.39, 0.29) is 41.4 Å². The molecule has 4 aromatic carbocycles. The van der Waals surface area contributed by atoms with Gasteiger partial charge in [-0.05, 0) is 112 Å². The highest BCUT2D eigenvalue weighted by Crippen LogP contribution is 2.14.